The largest absolute Gasteiger partial charge is 1.00 e. The summed E-state index contributed by atoms with van der Waals surface area (Å²) in [6.45, 7) is 19.5. The summed E-state index contributed by atoms with van der Waals surface area (Å²) in [7, 11) is 0. The smallest absolute Gasteiger partial charge is 1.00 e. The van der Waals surface area contributed by atoms with Crippen LogP contribution in [-0.2, 0) is 32.1 Å². The molecule has 2 aromatic rings. The van der Waals surface area contributed by atoms with Gasteiger partial charge in [-0.2, -0.15) is 0 Å². The fraction of sp³-hybridized carbons (Fsp3) is 0.622. The number of fused-ring (bicyclic) bond motifs is 3. The number of halogens is 2. The maximum Gasteiger partial charge on any atom is -1.00 e. The van der Waals surface area contributed by atoms with Crippen LogP contribution in [0.25, 0.3) is 11.1 Å². The molecule has 0 amide bonds. The topological polar surface area (TPSA) is 0 Å². The molecule has 1 atom stereocenters. The van der Waals surface area contributed by atoms with E-state index in [0.717, 1.165) is 17.8 Å². The number of hydrogen-bond donors (Lipinski definition) is 0. The number of allylic oxidation sites excluding steroid dienone is 4. The Balaban J connectivity index is 0.00000201. The fourth-order valence-corrected chi connectivity index (χ4v) is 22.3. The molecule has 0 nitrogen and oxygen atoms in total. The van der Waals surface area contributed by atoms with Gasteiger partial charge in [0.1, 0.15) is 0 Å². The van der Waals surface area contributed by atoms with E-state index in [4.69, 9.17) is 0 Å². The van der Waals surface area contributed by atoms with Crippen molar-refractivity contribution in [1.82, 2.24) is 0 Å². The monoisotopic (exact) mass is 760 g/mol. The van der Waals surface area contributed by atoms with Gasteiger partial charge < -0.3 is 24.8 Å². The van der Waals surface area contributed by atoms with Crippen molar-refractivity contribution >= 4 is 3.21 Å². The molecule has 0 heterocycles. The van der Waals surface area contributed by atoms with Crippen LogP contribution < -0.4 is 24.8 Å². The predicted octanol–water partition coefficient (Wildman–Crippen LogP) is 6.57. The Morgan fingerprint density at radius 1 is 0.708 bits per heavy atom. The van der Waals surface area contributed by atoms with E-state index in [9.17, 15) is 0 Å². The molecule has 9 rings (SSSR count). The quantitative estimate of drug-likeness (QED) is 0.331. The molecular weight excluding hydrogens is 703 g/mol. The summed E-state index contributed by atoms with van der Waals surface area (Å²) < 4.78 is 4.67. The third-order valence-electron chi connectivity index (χ3n) is 13.7. The minimum absolute atomic E-state index is 0. The van der Waals surface area contributed by atoms with Crippen LogP contribution in [0.5, 0.6) is 0 Å². The molecule has 0 aliphatic heterocycles. The Labute approximate surface area is 313 Å². The molecule has 0 spiro atoms. The van der Waals surface area contributed by atoms with Crippen molar-refractivity contribution in [3.05, 3.63) is 79.2 Å². The maximum atomic E-state index is 2.81. The molecule has 48 heavy (non-hydrogen) atoms. The average molecular weight is 763 g/mol. The third kappa shape index (κ3) is 6.45. The van der Waals surface area contributed by atoms with Crippen molar-refractivity contribution < 1.29 is 46.1 Å². The van der Waals surface area contributed by atoms with Gasteiger partial charge in [0, 0.05) is 0 Å². The summed E-state index contributed by atoms with van der Waals surface area (Å²) in [4.78, 5) is 0. The van der Waals surface area contributed by atoms with E-state index < -0.39 is 21.3 Å². The van der Waals surface area contributed by atoms with E-state index in [1.807, 2.05) is 3.28 Å². The van der Waals surface area contributed by atoms with Crippen LogP contribution >= 0.6 is 0 Å². The van der Waals surface area contributed by atoms with Crippen LogP contribution in [0.2, 0.25) is 0 Å². The van der Waals surface area contributed by atoms with Gasteiger partial charge in [-0.25, -0.2) is 0 Å². The molecule has 0 saturated heterocycles. The van der Waals surface area contributed by atoms with Gasteiger partial charge in [-0.05, 0) is 0 Å². The van der Waals surface area contributed by atoms with Crippen LogP contribution in [0.4, 0.5) is 0 Å². The summed E-state index contributed by atoms with van der Waals surface area (Å²) in [5.74, 6) is 3.75. The molecule has 5 saturated carbocycles. The Morgan fingerprint density at radius 2 is 1.19 bits per heavy atom. The second-order valence-corrected chi connectivity index (χ2v) is 25.7. The van der Waals surface area contributed by atoms with E-state index >= 15 is 0 Å². The second-order valence-electron chi connectivity index (χ2n) is 19.2. The van der Waals surface area contributed by atoms with Crippen LogP contribution in [0.15, 0.2) is 56.9 Å². The summed E-state index contributed by atoms with van der Waals surface area (Å²) in [6.07, 6.45) is 20.6. The van der Waals surface area contributed by atoms with Gasteiger partial charge in [-0.1, -0.05) is 0 Å². The molecular formula is C45H60Cl2Zr. The van der Waals surface area contributed by atoms with E-state index in [1.54, 1.807) is 52.7 Å². The van der Waals surface area contributed by atoms with E-state index in [1.165, 1.54) is 68.9 Å². The summed E-state index contributed by atoms with van der Waals surface area (Å²) in [5.41, 5.74) is 14.0. The minimum atomic E-state index is -2.35. The Bertz CT molecular complexity index is 1560. The Kier molecular flexibility index (Phi) is 10.3. The van der Waals surface area contributed by atoms with Crippen molar-refractivity contribution in [2.75, 3.05) is 0 Å². The van der Waals surface area contributed by atoms with E-state index in [0.29, 0.717) is 15.0 Å². The molecule has 258 valence electrons. The van der Waals surface area contributed by atoms with Gasteiger partial charge in [0.2, 0.25) is 0 Å². The van der Waals surface area contributed by atoms with Gasteiger partial charge >= 0.3 is 291 Å². The minimum Gasteiger partial charge on any atom is -1.00 e. The van der Waals surface area contributed by atoms with Crippen LogP contribution in [-0.4, -0.2) is 3.21 Å². The molecule has 0 radical (unpaired) electrons. The SMILES string of the molecule is CC1=[C]([Zr+2](=[C]2CCCCC2)[CH]2c3ccc(C(C)(C)C)cc3-c3cc(C(C)(C)C)ccc32)C(C)C=C1CC12CC3CC(CC(C3)C1)C2.[Cl-].[Cl-]. The number of benzene rings is 2. The van der Waals surface area contributed by atoms with E-state index in [2.05, 4.69) is 101 Å². The molecule has 3 heteroatoms. The normalized spacial score (nSPS) is 29.1. The molecule has 5 fully saturated rings. The zero-order valence-corrected chi connectivity index (χ0v) is 35.1. The van der Waals surface area contributed by atoms with Crippen molar-refractivity contribution in [2.45, 2.75) is 147 Å². The summed E-state index contributed by atoms with van der Waals surface area (Å²) >= 11 is -2.35. The standard InChI is InChI=1S/C21H25.C18H25.C6H10.2ClH.Zr/c1-20(2,3)16-9-7-14-11-15-8-10-17(21(4,5)6)13-19(15)18(14)12-16;1-12-3-13(2)17(4-12)11-18-8-14-5-15(9-18)7-16(6-14)10-18;1-2-4-6-5-3-1;;;/h7-13H,1-6H3;4,12,14-16H,5-11H2,1-2H3;1-5H2;2*1H;/q;;;;;+2/p-2. The van der Waals surface area contributed by atoms with Crippen molar-refractivity contribution in [3.8, 4) is 11.1 Å². The van der Waals surface area contributed by atoms with Crippen molar-refractivity contribution in [2.24, 2.45) is 29.1 Å². The third-order valence-corrected chi connectivity index (χ3v) is 23.2. The number of hydrogen-bond acceptors (Lipinski definition) is 0. The average Bonchev–Trinajstić information content (AvgIpc) is 3.44. The Morgan fingerprint density at radius 3 is 1.65 bits per heavy atom. The first-order chi connectivity index (χ1) is 21.8. The molecule has 4 bridgehead atoms. The zero-order chi connectivity index (χ0) is 32.2. The maximum absolute atomic E-state index is 2.81. The first-order valence-electron chi connectivity index (χ1n) is 19.2. The Hall–Kier alpha value is -0.747. The molecule has 0 N–H and O–H groups in total. The zero-order valence-electron chi connectivity index (χ0n) is 31.2. The molecule has 7 aliphatic carbocycles. The van der Waals surface area contributed by atoms with Crippen molar-refractivity contribution in [3.63, 3.8) is 0 Å². The fourth-order valence-electron chi connectivity index (χ4n) is 11.9. The van der Waals surface area contributed by atoms with Gasteiger partial charge in [-0.15, -0.1) is 0 Å². The predicted molar refractivity (Wildman–Crippen MR) is 194 cm³/mol. The second kappa shape index (κ2) is 13.3. The molecule has 7 aliphatic rings. The van der Waals surface area contributed by atoms with E-state index in [-0.39, 0.29) is 35.6 Å². The first-order valence-corrected chi connectivity index (χ1v) is 23.1. The number of rotatable bonds is 4. The first kappa shape index (κ1) is 37.0. The van der Waals surface area contributed by atoms with Crippen molar-refractivity contribution in [1.29, 1.82) is 0 Å². The van der Waals surface area contributed by atoms with Crippen LogP contribution in [0, 0.1) is 29.1 Å². The molecule has 1 unspecified atom stereocenters. The van der Waals surface area contributed by atoms with Crippen LogP contribution in [0.1, 0.15) is 158 Å². The molecule has 2 aromatic carbocycles. The van der Waals surface area contributed by atoms with Gasteiger partial charge in [-0.3, -0.25) is 0 Å². The summed E-state index contributed by atoms with van der Waals surface area (Å²) in [5, 5.41) is 0. The molecule has 0 aromatic heterocycles. The summed E-state index contributed by atoms with van der Waals surface area (Å²) in [6, 6.07) is 15.5. The van der Waals surface area contributed by atoms with Crippen LogP contribution in [0.3, 0.4) is 0 Å². The van der Waals surface area contributed by atoms with Gasteiger partial charge in [0.15, 0.2) is 0 Å². The van der Waals surface area contributed by atoms with Gasteiger partial charge in [0.05, 0.1) is 0 Å². The van der Waals surface area contributed by atoms with Gasteiger partial charge in [0.25, 0.3) is 0 Å².